The molecule has 2 bridgehead atoms. The van der Waals surface area contributed by atoms with Crippen molar-refractivity contribution >= 4 is 15.9 Å². The van der Waals surface area contributed by atoms with Gasteiger partial charge in [0.15, 0.2) is 5.72 Å². The number of hydrogen-bond acceptors (Lipinski definition) is 3. The molecule has 4 heteroatoms. The number of halogens is 1. The van der Waals surface area contributed by atoms with Gasteiger partial charge in [-0.3, -0.25) is 9.88 Å². The molecule has 3 nitrogen and oxygen atoms in total. The molecular formula is C15H13BrN2O. The number of benzene rings is 1. The lowest BCUT2D eigenvalue weighted by Crippen LogP contribution is -2.46. The molecule has 1 N–H and O–H groups in total. The fourth-order valence-corrected chi connectivity index (χ4v) is 4.46. The standard InChI is InChI=1S/C15H13BrN2O/c1-18-13-10-6-4-8-17-14(10)15(18,19)11-7-3-2-5-9(11)12(13)16/h2-8,12-13,19H,1H3/t12-,13?,15+/m0/s1. The smallest absolute Gasteiger partial charge is 0.189 e. The summed E-state index contributed by atoms with van der Waals surface area (Å²) in [5, 5.41) is 11.3. The highest BCUT2D eigenvalue weighted by Gasteiger charge is 2.56. The van der Waals surface area contributed by atoms with Crippen LogP contribution in [0, 0.1) is 0 Å². The van der Waals surface area contributed by atoms with Gasteiger partial charge >= 0.3 is 0 Å². The topological polar surface area (TPSA) is 36.4 Å². The molecule has 0 aliphatic carbocycles. The molecule has 1 aromatic carbocycles. The zero-order valence-corrected chi connectivity index (χ0v) is 12.0. The number of pyridine rings is 1. The average Bonchev–Trinajstić information content (AvgIpc) is 2.63. The van der Waals surface area contributed by atoms with Crippen LogP contribution in [0.1, 0.15) is 33.3 Å². The van der Waals surface area contributed by atoms with Crippen LogP contribution in [0.3, 0.4) is 0 Å². The van der Waals surface area contributed by atoms with E-state index in [1.54, 1.807) is 6.20 Å². The van der Waals surface area contributed by atoms with E-state index in [0.29, 0.717) is 0 Å². The van der Waals surface area contributed by atoms with Gasteiger partial charge in [0.25, 0.3) is 0 Å². The predicted octanol–water partition coefficient (Wildman–Crippen LogP) is 2.71. The third-order valence-electron chi connectivity index (χ3n) is 4.33. The lowest BCUT2D eigenvalue weighted by molar-refractivity contribution is -0.0817. The van der Waals surface area contributed by atoms with Crippen LogP contribution in [-0.4, -0.2) is 22.0 Å². The molecule has 0 saturated heterocycles. The van der Waals surface area contributed by atoms with E-state index in [0.717, 1.165) is 22.4 Å². The minimum absolute atomic E-state index is 0.114. The summed E-state index contributed by atoms with van der Waals surface area (Å²) in [6.45, 7) is 0. The SMILES string of the molecule is CN1C2c3cccnc3[C@]1(O)c1ccccc1[C@@H]2Br. The van der Waals surface area contributed by atoms with E-state index in [1.165, 1.54) is 0 Å². The van der Waals surface area contributed by atoms with Crippen molar-refractivity contribution in [3.05, 3.63) is 65.0 Å². The van der Waals surface area contributed by atoms with Crippen molar-refractivity contribution in [2.24, 2.45) is 0 Å². The van der Waals surface area contributed by atoms with E-state index in [4.69, 9.17) is 0 Å². The quantitative estimate of drug-likeness (QED) is 0.759. The van der Waals surface area contributed by atoms with Gasteiger partial charge < -0.3 is 5.11 Å². The van der Waals surface area contributed by atoms with Crippen LogP contribution in [0.4, 0.5) is 0 Å². The molecule has 0 amide bonds. The Labute approximate surface area is 120 Å². The van der Waals surface area contributed by atoms with Gasteiger partial charge in [-0.1, -0.05) is 46.3 Å². The Morgan fingerprint density at radius 3 is 2.79 bits per heavy atom. The second-order valence-electron chi connectivity index (χ2n) is 5.16. The van der Waals surface area contributed by atoms with Crippen molar-refractivity contribution < 1.29 is 5.11 Å². The first-order valence-corrected chi connectivity index (χ1v) is 7.21. The molecule has 2 aromatic rings. The Hall–Kier alpha value is -1.23. The van der Waals surface area contributed by atoms with Crippen molar-refractivity contribution in [2.75, 3.05) is 7.05 Å². The molecule has 3 atom stereocenters. The van der Waals surface area contributed by atoms with E-state index in [1.807, 2.05) is 36.2 Å². The number of hydrogen-bond donors (Lipinski definition) is 1. The highest BCUT2D eigenvalue weighted by molar-refractivity contribution is 9.09. The lowest BCUT2D eigenvalue weighted by Gasteiger charge is -2.42. The van der Waals surface area contributed by atoms with Crippen LogP contribution in [0.25, 0.3) is 0 Å². The Kier molecular flexibility index (Phi) is 2.23. The van der Waals surface area contributed by atoms with Crippen LogP contribution in [0.5, 0.6) is 0 Å². The van der Waals surface area contributed by atoms with Crippen LogP contribution in [0.15, 0.2) is 42.6 Å². The van der Waals surface area contributed by atoms with Crippen molar-refractivity contribution in [3.63, 3.8) is 0 Å². The highest BCUT2D eigenvalue weighted by atomic mass is 79.9. The molecule has 1 unspecified atom stereocenters. The molecule has 0 radical (unpaired) electrons. The summed E-state index contributed by atoms with van der Waals surface area (Å²) in [6.07, 6.45) is 1.75. The zero-order valence-electron chi connectivity index (χ0n) is 10.4. The second kappa shape index (κ2) is 3.66. The minimum Gasteiger partial charge on any atom is -0.366 e. The summed E-state index contributed by atoms with van der Waals surface area (Å²) in [5.41, 5.74) is 2.82. The fourth-order valence-electron chi connectivity index (χ4n) is 3.42. The van der Waals surface area contributed by atoms with E-state index >= 15 is 0 Å². The number of rotatable bonds is 0. The van der Waals surface area contributed by atoms with Crippen molar-refractivity contribution in [1.29, 1.82) is 0 Å². The number of nitrogens with zero attached hydrogens (tertiary/aromatic N) is 2. The third-order valence-corrected chi connectivity index (χ3v) is 5.32. The first-order chi connectivity index (χ1) is 9.15. The van der Waals surface area contributed by atoms with Gasteiger partial charge in [-0.05, 0) is 24.2 Å². The Morgan fingerprint density at radius 1 is 1.21 bits per heavy atom. The first-order valence-electron chi connectivity index (χ1n) is 6.30. The molecule has 19 heavy (non-hydrogen) atoms. The van der Waals surface area contributed by atoms with E-state index in [9.17, 15) is 5.11 Å². The Morgan fingerprint density at radius 2 is 1.95 bits per heavy atom. The predicted molar refractivity (Wildman–Crippen MR) is 75.8 cm³/mol. The zero-order chi connectivity index (χ0) is 13.2. The number of aliphatic hydroxyl groups is 1. The molecule has 0 spiro atoms. The van der Waals surface area contributed by atoms with Gasteiger partial charge in [-0.25, -0.2) is 0 Å². The number of fused-ring (bicyclic) bond motifs is 7. The summed E-state index contributed by atoms with van der Waals surface area (Å²) < 4.78 is 0. The van der Waals surface area contributed by atoms with E-state index in [-0.39, 0.29) is 10.9 Å². The van der Waals surface area contributed by atoms with Crippen LogP contribution < -0.4 is 0 Å². The van der Waals surface area contributed by atoms with Crippen molar-refractivity contribution in [1.82, 2.24) is 9.88 Å². The molecular weight excluding hydrogens is 304 g/mol. The fraction of sp³-hybridized carbons (Fsp3) is 0.267. The average molecular weight is 317 g/mol. The molecule has 96 valence electrons. The summed E-state index contributed by atoms with van der Waals surface area (Å²) in [5.74, 6) is 0. The van der Waals surface area contributed by atoms with Gasteiger partial charge in [0, 0.05) is 11.8 Å². The number of aromatic nitrogens is 1. The molecule has 3 heterocycles. The maximum atomic E-state index is 11.3. The van der Waals surface area contributed by atoms with Gasteiger partial charge in [-0.2, -0.15) is 0 Å². The Balaban J connectivity index is 2.11. The Bertz CT molecular complexity index is 675. The number of likely N-dealkylation sites (N-methyl/N-ethyl adjacent to an activating group) is 1. The van der Waals surface area contributed by atoms with Crippen molar-refractivity contribution in [3.8, 4) is 0 Å². The maximum Gasteiger partial charge on any atom is 0.189 e. The summed E-state index contributed by atoms with van der Waals surface area (Å²) >= 11 is 3.79. The molecule has 2 aliphatic rings. The second-order valence-corrected chi connectivity index (χ2v) is 6.14. The van der Waals surface area contributed by atoms with Gasteiger partial charge in [-0.15, -0.1) is 0 Å². The normalized spacial score (nSPS) is 31.9. The molecule has 4 rings (SSSR count). The van der Waals surface area contributed by atoms with Gasteiger partial charge in [0.05, 0.1) is 16.6 Å². The van der Waals surface area contributed by atoms with E-state index in [2.05, 4.69) is 33.0 Å². The first kappa shape index (κ1) is 11.6. The largest absolute Gasteiger partial charge is 0.366 e. The monoisotopic (exact) mass is 316 g/mol. The lowest BCUT2D eigenvalue weighted by atomic mass is 9.90. The summed E-state index contributed by atoms with van der Waals surface area (Å²) in [4.78, 5) is 6.62. The number of alkyl halides is 1. The van der Waals surface area contributed by atoms with Crippen molar-refractivity contribution in [2.45, 2.75) is 16.6 Å². The molecule has 2 aliphatic heterocycles. The maximum absolute atomic E-state index is 11.3. The summed E-state index contributed by atoms with van der Waals surface area (Å²) in [6, 6.07) is 12.1. The minimum atomic E-state index is -1.11. The van der Waals surface area contributed by atoms with Gasteiger partial charge in [0.1, 0.15) is 0 Å². The van der Waals surface area contributed by atoms with Crippen LogP contribution in [-0.2, 0) is 5.72 Å². The third kappa shape index (κ3) is 1.22. The highest BCUT2D eigenvalue weighted by Crippen LogP contribution is 2.58. The molecule has 0 fully saturated rings. The summed E-state index contributed by atoms with van der Waals surface area (Å²) in [7, 11) is 1.95. The molecule has 1 aromatic heterocycles. The van der Waals surface area contributed by atoms with Crippen LogP contribution in [0.2, 0.25) is 0 Å². The van der Waals surface area contributed by atoms with Gasteiger partial charge in [0.2, 0.25) is 0 Å². The van der Waals surface area contributed by atoms with E-state index < -0.39 is 5.72 Å². The van der Waals surface area contributed by atoms with Crippen LogP contribution >= 0.6 is 15.9 Å². The molecule has 0 saturated carbocycles.